The number of benzene rings is 1. The maximum Gasteiger partial charge on any atom is 0.233 e. The van der Waals surface area contributed by atoms with Crippen molar-refractivity contribution in [1.82, 2.24) is 5.32 Å². The van der Waals surface area contributed by atoms with Gasteiger partial charge >= 0.3 is 0 Å². The predicted molar refractivity (Wildman–Crippen MR) is 90.4 cm³/mol. The van der Waals surface area contributed by atoms with Crippen molar-refractivity contribution in [2.75, 3.05) is 18.5 Å². The van der Waals surface area contributed by atoms with Gasteiger partial charge in [-0.1, -0.05) is 32.0 Å². The summed E-state index contributed by atoms with van der Waals surface area (Å²) in [5.41, 5.74) is 3.05. The van der Waals surface area contributed by atoms with E-state index in [1.807, 2.05) is 18.2 Å². The van der Waals surface area contributed by atoms with Crippen molar-refractivity contribution in [3.05, 3.63) is 29.3 Å². The molecule has 0 saturated carbocycles. The summed E-state index contributed by atoms with van der Waals surface area (Å²) in [5.74, 6) is -0.532. The van der Waals surface area contributed by atoms with Crippen molar-refractivity contribution in [2.45, 2.75) is 52.1 Å². The van der Waals surface area contributed by atoms with Gasteiger partial charge in [-0.2, -0.15) is 0 Å². The van der Waals surface area contributed by atoms with Crippen LogP contribution in [0.4, 0.5) is 5.69 Å². The molecule has 1 aliphatic heterocycles. The quantitative estimate of drug-likeness (QED) is 0.759. The lowest BCUT2D eigenvalue weighted by molar-refractivity contribution is -0.127. The van der Waals surface area contributed by atoms with Crippen molar-refractivity contribution in [3.8, 4) is 0 Å². The Morgan fingerprint density at radius 1 is 1.17 bits per heavy atom. The van der Waals surface area contributed by atoms with E-state index >= 15 is 0 Å². The first-order valence-electron chi connectivity index (χ1n) is 8.43. The summed E-state index contributed by atoms with van der Waals surface area (Å²) >= 11 is 0. The van der Waals surface area contributed by atoms with Crippen molar-refractivity contribution in [1.29, 1.82) is 0 Å². The molecule has 126 valence electrons. The van der Waals surface area contributed by atoms with Crippen molar-refractivity contribution in [3.63, 3.8) is 0 Å². The van der Waals surface area contributed by atoms with Gasteiger partial charge in [0.2, 0.25) is 11.8 Å². The SMILES string of the molecule is CCc1cccc(CC)c1NC(=O)CC(=O)NCC1CCCO1. The molecule has 0 spiro atoms. The molecule has 1 aromatic carbocycles. The fourth-order valence-corrected chi connectivity index (χ4v) is 2.83. The molecule has 2 N–H and O–H groups in total. The Morgan fingerprint density at radius 3 is 2.43 bits per heavy atom. The second kappa shape index (κ2) is 8.67. The fourth-order valence-electron chi connectivity index (χ4n) is 2.83. The number of amides is 2. The van der Waals surface area contributed by atoms with Gasteiger partial charge in [0, 0.05) is 18.8 Å². The summed E-state index contributed by atoms with van der Waals surface area (Å²) in [6, 6.07) is 6.01. The van der Waals surface area contributed by atoms with Gasteiger partial charge in [-0.3, -0.25) is 9.59 Å². The smallest absolute Gasteiger partial charge is 0.233 e. The zero-order valence-electron chi connectivity index (χ0n) is 14.0. The maximum absolute atomic E-state index is 12.2. The summed E-state index contributed by atoms with van der Waals surface area (Å²) < 4.78 is 5.45. The van der Waals surface area contributed by atoms with Crippen LogP contribution in [0.2, 0.25) is 0 Å². The lowest BCUT2D eigenvalue weighted by Crippen LogP contribution is -2.34. The largest absolute Gasteiger partial charge is 0.376 e. The summed E-state index contributed by atoms with van der Waals surface area (Å²) in [5, 5.41) is 5.68. The molecule has 1 saturated heterocycles. The van der Waals surface area contributed by atoms with Gasteiger partial charge in [-0.15, -0.1) is 0 Å². The van der Waals surface area contributed by atoms with Crippen LogP contribution in [0, 0.1) is 0 Å². The molecule has 0 aromatic heterocycles. The molecule has 2 rings (SSSR count). The highest BCUT2D eigenvalue weighted by molar-refractivity contribution is 6.04. The average Bonchev–Trinajstić information content (AvgIpc) is 3.06. The number of nitrogens with one attached hydrogen (secondary N) is 2. The number of hydrogen-bond acceptors (Lipinski definition) is 3. The summed E-state index contributed by atoms with van der Waals surface area (Å²) in [4.78, 5) is 24.0. The van der Waals surface area contributed by atoms with E-state index in [4.69, 9.17) is 4.74 Å². The Hall–Kier alpha value is -1.88. The molecule has 1 unspecified atom stereocenters. The molecule has 1 aliphatic rings. The van der Waals surface area contributed by atoms with Gasteiger partial charge in [0.15, 0.2) is 0 Å². The second-order valence-corrected chi connectivity index (χ2v) is 5.82. The monoisotopic (exact) mass is 318 g/mol. The topological polar surface area (TPSA) is 67.4 Å². The molecule has 5 heteroatoms. The van der Waals surface area contributed by atoms with E-state index in [0.29, 0.717) is 6.54 Å². The highest BCUT2D eigenvalue weighted by Crippen LogP contribution is 2.22. The van der Waals surface area contributed by atoms with Crippen LogP contribution in [0.3, 0.4) is 0 Å². The molecular weight excluding hydrogens is 292 g/mol. The Morgan fingerprint density at radius 2 is 1.87 bits per heavy atom. The molecular formula is C18H26N2O3. The standard InChI is InChI=1S/C18H26N2O3/c1-3-13-7-5-8-14(4-2)18(13)20-17(22)11-16(21)19-12-15-9-6-10-23-15/h5,7-8,15H,3-4,6,9-12H2,1-2H3,(H,19,21)(H,20,22). The second-order valence-electron chi connectivity index (χ2n) is 5.82. The number of para-hydroxylation sites is 1. The molecule has 1 atom stereocenters. The number of hydrogen-bond donors (Lipinski definition) is 2. The number of rotatable bonds is 7. The van der Waals surface area contributed by atoms with E-state index in [2.05, 4.69) is 24.5 Å². The molecule has 1 heterocycles. The summed E-state index contributed by atoms with van der Waals surface area (Å²) in [7, 11) is 0. The van der Waals surface area contributed by atoms with Crippen molar-refractivity contribution < 1.29 is 14.3 Å². The Kier molecular flexibility index (Phi) is 6.59. The summed E-state index contributed by atoms with van der Waals surface area (Å²) in [6.45, 7) is 5.35. The van der Waals surface area contributed by atoms with Crippen LogP contribution >= 0.6 is 0 Å². The zero-order chi connectivity index (χ0) is 16.7. The Balaban J connectivity index is 1.87. The predicted octanol–water partition coefficient (Wildman–Crippen LogP) is 2.44. The number of anilines is 1. The van der Waals surface area contributed by atoms with Crippen LogP contribution in [-0.2, 0) is 27.2 Å². The minimum Gasteiger partial charge on any atom is -0.376 e. The van der Waals surface area contributed by atoms with E-state index in [9.17, 15) is 9.59 Å². The van der Waals surface area contributed by atoms with Crippen LogP contribution in [0.1, 0.15) is 44.2 Å². The molecule has 1 fully saturated rings. The van der Waals surface area contributed by atoms with Crippen LogP contribution in [0.25, 0.3) is 0 Å². The molecule has 0 aliphatic carbocycles. The molecule has 0 bridgehead atoms. The van der Waals surface area contributed by atoms with Gasteiger partial charge in [0.1, 0.15) is 6.42 Å². The molecule has 1 aromatic rings. The summed E-state index contributed by atoms with van der Waals surface area (Å²) in [6.07, 6.45) is 3.62. The van der Waals surface area contributed by atoms with E-state index in [1.54, 1.807) is 0 Å². The third-order valence-corrected chi connectivity index (χ3v) is 4.14. The number of aryl methyl sites for hydroxylation is 2. The highest BCUT2D eigenvalue weighted by Gasteiger charge is 2.18. The number of ether oxygens (including phenoxy) is 1. The molecule has 0 radical (unpaired) electrons. The number of carbonyl (C=O) groups excluding carboxylic acids is 2. The van der Waals surface area contributed by atoms with Crippen LogP contribution < -0.4 is 10.6 Å². The van der Waals surface area contributed by atoms with Gasteiger partial charge in [0.25, 0.3) is 0 Å². The molecule has 23 heavy (non-hydrogen) atoms. The zero-order valence-corrected chi connectivity index (χ0v) is 14.0. The van der Waals surface area contributed by atoms with Crippen LogP contribution in [-0.4, -0.2) is 31.1 Å². The van der Waals surface area contributed by atoms with Crippen LogP contribution in [0.5, 0.6) is 0 Å². The first-order chi connectivity index (χ1) is 11.1. The third kappa shape index (κ3) is 5.06. The van der Waals surface area contributed by atoms with E-state index in [1.165, 1.54) is 0 Å². The van der Waals surface area contributed by atoms with Gasteiger partial charge in [0.05, 0.1) is 6.10 Å². The minimum absolute atomic E-state index is 0.0922. The Labute approximate surface area is 137 Å². The average molecular weight is 318 g/mol. The van der Waals surface area contributed by atoms with Gasteiger partial charge in [-0.05, 0) is 36.8 Å². The molecule has 5 nitrogen and oxygen atoms in total. The Bertz CT molecular complexity index is 529. The maximum atomic E-state index is 12.2. The lowest BCUT2D eigenvalue weighted by Gasteiger charge is -2.15. The first-order valence-corrected chi connectivity index (χ1v) is 8.43. The van der Waals surface area contributed by atoms with Gasteiger partial charge in [-0.25, -0.2) is 0 Å². The lowest BCUT2D eigenvalue weighted by atomic mass is 10.0. The van der Waals surface area contributed by atoms with E-state index in [-0.39, 0.29) is 24.3 Å². The van der Waals surface area contributed by atoms with E-state index < -0.39 is 0 Å². The van der Waals surface area contributed by atoms with Crippen molar-refractivity contribution >= 4 is 17.5 Å². The van der Waals surface area contributed by atoms with Crippen LogP contribution in [0.15, 0.2) is 18.2 Å². The third-order valence-electron chi connectivity index (χ3n) is 4.14. The van der Waals surface area contributed by atoms with E-state index in [0.717, 1.165) is 49.1 Å². The minimum atomic E-state index is -0.273. The van der Waals surface area contributed by atoms with Crippen molar-refractivity contribution in [2.24, 2.45) is 0 Å². The molecule has 2 amide bonds. The van der Waals surface area contributed by atoms with Gasteiger partial charge < -0.3 is 15.4 Å². The number of carbonyl (C=O) groups is 2. The first kappa shape index (κ1) is 17.5. The fraction of sp³-hybridized carbons (Fsp3) is 0.556. The normalized spacial score (nSPS) is 17.0. The highest BCUT2D eigenvalue weighted by atomic mass is 16.5.